The van der Waals surface area contributed by atoms with E-state index in [4.69, 9.17) is 0 Å². The van der Waals surface area contributed by atoms with E-state index in [1.165, 1.54) is 25.3 Å². The zero-order valence-electron chi connectivity index (χ0n) is 11.6. The lowest BCUT2D eigenvalue weighted by Crippen LogP contribution is -2.32. The molecule has 0 aliphatic heterocycles. The van der Waals surface area contributed by atoms with Gasteiger partial charge in [0.2, 0.25) is 0 Å². The molecule has 1 unspecified atom stereocenters. The molecule has 1 aromatic rings. The molecule has 0 spiro atoms. The van der Waals surface area contributed by atoms with Crippen molar-refractivity contribution >= 4 is 0 Å². The summed E-state index contributed by atoms with van der Waals surface area (Å²) in [5.74, 6) is -0.0315. The predicted molar refractivity (Wildman–Crippen MR) is 74.1 cm³/mol. The molecule has 0 heterocycles. The third-order valence-electron chi connectivity index (χ3n) is 3.78. The molecule has 1 atom stereocenters. The topological polar surface area (TPSA) is 12.0 Å². The summed E-state index contributed by atoms with van der Waals surface area (Å²) in [6.07, 6.45) is 6.74. The SMILES string of the molecule is CCCNC(CCC1CC1)Cc1ccc(F)cc1F. The van der Waals surface area contributed by atoms with Gasteiger partial charge >= 0.3 is 0 Å². The van der Waals surface area contributed by atoms with E-state index in [2.05, 4.69) is 12.2 Å². The summed E-state index contributed by atoms with van der Waals surface area (Å²) in [6, 6.07) is 4.20. The Morgan fingerprint density at radius 1 is 1.32 bits per heavy atom. The van der Waals surface area contributed by atoms with Crippen LogP contribution in [0.3, 0.4) is 0 Å². The molecule has 0 amide bonds. The van der Waals surface area contributed by atoms with Gasteiger partial charge in [0.25, 0.3) is 0 Å². The molecule has 3 heteroatoms. The van der Waals surface area contributed by atoms with E-state index in [9.17, 15) is 8.78 Å². The fourth-order valence-corrected chi connectivity index (χ4v) is 2.42. The van der Waals surface area contributed by atoms with E-state index in [1.54, 1.807) is 6.07 Å². The van der Waals surface area contributed by atoms with Crippen molar-refractivity contribution in [3.8, 4) is 0 Å². The van der Waals surface area contributed by atoms with Crippen molar-refractivity contribution in [2.24, 2.45) is 5.92 Å². The van der Waals surface area contributed by atoms with Crippen LogP contribution in [0.15, 0.2) is 18.2 Å². The average Bonchev–Trinajstić information content (AvgIpc) is 3.19. The summed E-state index contributed by atoms with van der Waals surface area (Å²) in [6.45, 7) is 3.08. The standard InChI is InChI=1S/C16H23F2N/c1-2-9-19-15(8-5-12-3-4-12)10-13-6-7-14(17)11-16(13)18/h6-7,11-12,15,19H,2-5,8-10H2,1H3. The molecule has 106 valence electrons. The molecule has 1 saturated carbocycles. The zero-order valence-corrected chi connectivity index (χ0v) is 11.6. The lowest BCUT2D eigenvalue weighted by atomic mass is 9.99. The number of halogens is 2. The first-order valence-electron chi connectivity index (χ1n) is 7.36. The number of hydrogen-bond acceptors (Lipinski definition) is 1. The first-order valence-corrected chi connectivity index (χ1v) is 7.36. The van der Waals surface area contributed by atoms with Crippen LogP contribution >= 0.6 is 0 Å². The van der Waals surface area contributed by atoms with Crippen molar-refractivity contribution in [1.29, 1.82) is 0 Å². The van der Waals surface area contributed by atoms with Crippen molar-refractivity contribution in [3.63, 3.8) is 0 Å². The van der Waals surface area contributed by atoms with Gasteiger partial charge < -0.3 is 5.32 Å². The monoisotopic (exact) mass is 267 g/mol. The van der Waals surface area contributed by atoms with Gasteiger partial charge in [0.05, 0.1) is 0 Å². The van der Waals surface area contributed by atoms with Gasteiger partial charge in [0, 0.05) is 12.1 Å². The minimum Gasteiger partial charge on any atom is -0.314 e. The second kappa shape index (κ2) is 6.99. The van der Waals surface area contributed by atoms with Crippen LogP contribution in [0.25, 0.3) is 0 Å². The maximum atomic E-state index is 13.7. The predicted octanol–water partition coefficient (Wildman–Crippen LogP) is 4.07. The lowest BCUT2D eigenvalue weighted by molar-refractivity contribution is 0.444. The summed E-state index contributed by atoms with van der Waals surface area (Å²) in [5.41, 5.74) is 0.616. The molecule has 1 aromatic carbocycles. The van der Waals surface area contributed by atoms with Crippen LogP contribution in [0, 0.1) is 17.6 Å². The third-order valence-corrected chi connectivity index (χ3v) is 3.78. The molecule has 0 bridgehead atoms. The molecule has 1 aliphatic rings. The summed E-state index contributed by atoms with van der Waals surface area (Å²) in [7, 11) is 0. The highest BCUT2D eigenvalue weighted by atomic mass is 19.1. The Bertz CT molecular complexity index is 402. The van der Waals surface area contributed by atoms with Crippen molar-refractivity contribution in [2.75, 3.05) is 6.54 Å². The van der Waals surface area contributed by atoms with Crippen molar-refractivity contribution in [3.05, 3.63) is 35.4 Å². The van der Waals surface area contributed by atoms with E-state index >= 15 is 0 Å². The lowest BCUT2D eigenvalue weighted by Gasteiger charge is -2.19. The van der Waals surface area contributed by atoms with Crippen LogP contribution in [0.2, 0.25) is 0 Å². The van der Waals surface area contributed by atoms with Crippen molar-refractivity contribution in [2.45, 2.75) is 51.5 Å². The summed E-state index contributed by atoms with van der Waals surface area (Å²) in [4.78, 5) is 0. The van der Waals surface area contributed by atoms with Gasteiger partial charge in [-0.1, -0.05) is 25.8 Å². The molecule has 1 nitrogen and oxygen atoms in total. The largest absolute Gasteiger partial charge is 0.314 e. The van der Waals surface area contributed by atoms with Crippen LogP contribution in [-0.4, -0.2) is 12.6 Å². The van der Waals surface area contributed by atoms with E-state index in [-0.39, 0.29) is 0 Å². The van der Waals surface area contributed by atoms with Crippen LogP contribution in [0.1, 0.15) is 44.6 Å². The fraction of sp³-hybridized carbons (Fsp3) is 0.625. The molecule has 0 aromatic heterocycles. The number of benzene rings is 1. The summed E-state index contributed by atoms with van der Waals surface area (Å²) >= 11 is 0. The summed E-state index contributed by atoms with van der Waals surface area (Å²) in [5, 5.41) is 3.48. The van der Waals surface area contributed by atoms with Crippen molar-refractivity contribution < 1.29 is 8.78 Å². The second-order valence-corrected chi connectivity index (χ2v) is 5.61. The minimum absolute atomic E-state index is 0.306. The second-order valence-electron chi connectivity index (χ2n) is 5.61. The Balaban J connectivity index is 1.92. The summed E-state index contributed by atoms with van der Waals surface area (Å²) < 4.78 is 26.6. The van der Waals surface area contributed by atoms with Crippen molar-refractivity contribution in [1.82, 2.24) is 5.32 Å². The van der Waals surface area contributed by atoms with E-state index < -0.39 is 11.6 Å². The Hall–Kier alpha value is -0.960. The Morgan fingerprint density at radius 2 is 2.11 bits per heavy atom. The molecule has 0 radical (unpaired) electrons. The molecular formula is C16H23F2N. The van der Waals surface area contributed by atoms with E-state index in [1.807, 2.05) is 0 Å². The molecule has 0 saturated heterocycles. The van der Waals surface area contributed by atoms with Gasteiger partial charge in [-0.3, -0.25) is 0 Å². The van der Waals surface area contributed by atoms with Crippen LogP contribution in [-0.2, 0) is 6.42 Å². The van der Waals surface area contributed by atoms with Gasteiger partial charge in [-0.2, -0.15) is 0 Å². The highest BCUT2D eigenvalue weighted by Crippen LogP contribution is 2.34. The Labute approximate surface area is 114 Å². The molecular weight excluding hydrogens is 244 g/mol. The first kappa shape index (κ1) is 14.4. The number of rotatable bonds is 8. The van der Waals surface area contributed by atoms with E-state index in [0.29, 0.717) is 18.0 Å². The highest BCUT2D eigenvalue weighted by Gasteiger charge is 2.22. The number of nitrogens with one attached hydrogen (secondary N) is 1. The van der Waals surface area contributed by atoms with Gasteiger partial charge in [0.1, 0.15) is 11.6 Å². The molecule has 19 heavy (non-hydrogen) atoms. The maximum absolute atomic E-state index is 13.7. The van der Waals surface area contributed by atoms with Crippen LogP contribution in [0.5, 0.6) is 0 Å². The molecule has 1 fully saturated rings. The maximum Gasteiger partial charge on any atom is 0.129 e. The van der Waals surface area contributed by atoms with Gasteiger partial charge in [-0.15, -0.1) is 0 Å². The first-order chi connectivity index (χ1) is 9.19. The quantitative estimate of drug-likeness (QED) is 0.748. The number of hydrogen-bond donors (Lipinski definition) is 1. The minimum atomic E-state index is -0.503. The van der Waals surface area contributed by atoms with E-state index in [0.717, 1.165) is 31.4 Å². The van der Waals surface area contributed by atoms with Crippen LogP contribution in [0.4, 0.5) is 8.78 Å². The Morgan fingerprint density at radius 3 is 2.74 bits per heavy atom. The molecule has 1 aliphatic carbocycles. The zero-order chi connectivity index (χ0) is 13.7. The third kappa shape index (κ3) is 4.90. The fourth-order valence-electron chi connectivity index (χ4n) is 2.42. The van der Waals surface area contributed by atoms with Crippen LogP contribution < -0.4 is 5.32 Å². The van der Waals surface area contributed by atoms with Gasteiger partial charge in [-0.25, -0.2) is 8.78 Å². The average molecular weight is 267 g/mol. The molecule has 1 N–H and O–H groups in total. The smallest absolute Gasteiger partial charge is 0.129 e. The highest BCUT2D eigenvalue weighted by molar-refractivity contribution is 5.19. The normalized spacial score (nSPS) is 16.6. The molecule has 2 rings (SSSR count). The Kier molecular flexibility index (Phi) is 5.32. The van der Waals surface area contributed by atoms with Gasteiger partial charge in [-0.05, 0) is 49.8 Å². The van der Waals surface area contributed by atoms with Gasteiger partial charge in [0.15, 0.2) is 0 Å².